The van der Waals surface area contributed by atoms with E-state index >= 15 is 0 Å². The molecule has 3 aromatic carbocycles. The van der Waals surface area contributed by atoms with Crippen molar-refractivity contribution in [3.63, 3.8) is 0 Å². The number of carbonyl (C=O) groups excluding carboxylic acids is 1. The number of halogens is 1. The van der Waals surface area contributed by atoms with Crippen LogP contribution in [-0.2, 0) is 21.2 Å². The van der Waals surface area contributed by atoms with Crippen molar-refractivity contribution in [2.24, 2.45) is 0 Å². The van der Waals surface area contributed by atoms with Crippen LogP contribution in [0.25, 0.3) is 0 Å². The lowest BCUT2D eigenvalue weighted by atomic mass is 10.1. The number of fused-ring (bicyclic) bond motifs is 1. The first kappa shape index (κ1) is 21.1. The molecule has 1 aliphatic heterocycles. The van der Waals surface area contributed by atoms with E-state index in [1.54, 1.807) is 23.1 Å². The van der Waals surface area contributed by atoms with Gasteiger partial charge in [0.2, 0.25) is 5.91 Å². The molecule has 0 radical (unpaired) electrons. The zero-order valence-electron chi connectivity index (χ0n) is 17.3. The minimum atomic E-state index is -4.17. The second-order valence-corrected chi connectivity index (χ2v) is 9.58. The van der Waals surface area contributed by atoms with Crippen LogP contribution in [0.5, 0.6) is 0 Å². The molecule has 1 unspecified atom stereocenters. The zero-order valence-corrected chi connectivity index (χ0v) is 18.1. The van der Waals surface area contributed by atoms with Crippen molar-refractivity contribution in [3.8, 4) is 0 Å². The van der Waals surface area contributed by atoms with Crippen LogP contribution in [0.15, 0.2) is 77.7 Å². The summed E-state index contributed by atoms with van der Waals surface area (Å²) >= 11 is 0. The van der Waals surface area contributed by atoms with Crippen molar-refractivity contribution >= 4 is 27.3 Å². The summed E-state index contributed by atoms with van der Waals surface area (Å²) < 4.78 is 42.5. The Labute approximate surface area is 181 Å². The quantitative estimate of drug-likeness (QED) is 0.597. The summed E-state index contributed by atoms with van der Waals surface area (Å²) in [5.41, 5.74) is 2.54. The lowest BCUT2D eigenvalue weighted by Crippen LogP contribution is -2.45. The van der Waals surface area contributed by atoms with Gasteiger partial charge in [-0.1, -0.05) is 48.0 Å². The lowest BCUT2D eigenvalue weighted by molar-refractivity contribution is -0.117. The first-order valence-electron chi connectivity index (χ1n) is 10.0. The number of para-hydroxylation sites is 2. The molecule has 7 heteroatoms. The van der Waals surface area contributed by atoms with Crippen molar-refractivity contribution in [2.75, 3.05) is 15.7 Å². The fraction of sp³-hybridized carbons (Fsp3) is 0.208. The number of benzene rings is 3. The first-order valence-corrected chi connectivity index (χ1v) is 11.5. The van der Waals surface area contributed by atoms with Gasteiger partial charge in [0.25, 0.3) is 10.0 Å². The number of carbonyl (C=O) groups is 1. The minimum absolute atomic E-state index is 0.00373. The van der Waals surface area contributed by atoms with E-state index in [1.165, 1.54) is 30.3 Å². The molecule has 0 N–H and O–H groups in total. The minimum Gasteiger partial charge on any atom is -0.307 e. The predicted molar refractivity (Wildman–Crippen MR) is 119 cm³/mol. The fourth-order valence-electron chi connectivity index (χ4n) is 3.94. The Morgan fingerprint density at radius 2 is 1.68 bits per heavy atom. The Hall–Kier alpha value is -3.19. The number of nitrogens with zero attached hydrogens (tertiary/aromatic N) is 2. The summed E-state index contributed by atoms with van der Waals surface area (Å²) in [6.07, 6.45) is 0.687. The summed E-state index contributed by atoms with van der Waals surface area (Å²) in [5.74, 6) is -1.11. The molecule has 0 aliphatic carbocycles. The monoisotopic (exact) mass is 438 g/mol. The maximum absolute atomic E-state index is 14.7. The molecule has 0 saturated heterocycles. The van der Waals surface area contributed by atoms with Crippen LogP contribution in [0.1, 0.15) is 18.1 Å². The van der Waals surface area contributed by atoms with Crippen LogP contribution in [0.2, 0.25) is 0 Å². The molecular weight excluding hydrogens is 415 g/mol. The van der Waals surface area contributed by atoms with Crippen LogP contribution in [-0.4, -0.2) is 26.9 Å². The summed E-state index contributed by atoms with van der Waals surface area (Å²) in [6, 6.07) is 19.3. The number of hydrogen-bond donors (Lipinski definition) is 0. The molecule has 1 amide bonds. The van der Waals surface area contributed by atoms with Gasteiger partial charge >= 0.3 is 0 Å². The van der Waals surface area contributed by atoms with Gasteiger partial charge in [0.1, 0.15) is 12.4 Å². The Kier molecular flexibility index (Phi) is 5.54. The third kappa shape index (κ3) is 3.93. The molecule has 31 heavy (non-hydrogen) atoms. The van der Waals surface area contributed by atoms with Crippen LogP contribution >= 0.6 is 0 Å². The fourth-order valence-corrected chi connectivity index (χ4v) is 5.36. The molecule has 0 bridgehead atoms. The average molecular weight is 439 g/mol. The average Bonchev–Trinajstić information content (AvgIpc) is 3.08. The van der Waals surface area contributed by atoms with E-state index in [4.69, 9.17) is 0 Å². The van der Waals surface area contributed by atoms with Crippen molar-refractivity contribution in [1.29, 1.82) is 0 Å². The summed E-state index contributed by atoms with van der Waals surface area (Å²) in [4.78, 5) is 15.0. The number of sulfonamides is 1. The Morgan fingerprint density at radius 1 is 1.03 bits per heavy atom. The zero-order chi connectivity index (χ0) is 22.2. The number of anilines is 2. The number of hydrogen-bond acceptors (Lipinski definition) is 3. The summed E-state index contributed by atoms with van der Waals surface area (Å²) in [6.45, 7) is 3.26. The maximum atomic E-state index is 14.7. The van der Waals surface area contributed by atoms with Crippen LogP contribution in [0.4, 0.5) is 15.8 Å². The Balaban J connectivity index is 1.75. The van der Waals surface area contributed by atoms with Crippen LogP contribution in [0, 0.1) is 12.7 Å². The number of amides is 1. The molecule has 1 heterocycles. The van der Waals surface area contributed by atoms with Crippen molar-refractivity contribution in [2.45, 2.75) is 31.2 Å². The lowest BCUT2D eigenvalue weighted by Gasteiger charge is -2.29. The first-order chi connectivity index (χ1) is 14.8. The van der Waals surface area contributed by atoms with E-state index in [0.29, 0.717) is 6.42 Å². The topological polar surface area (TPSA) is 57.7 Å². The molecule has 4 rings (SSSR count). The molecule has 0 spiro atoms. The highest BCUT2D eigenvalue weighted by Crippen LogP contribution is 2.33. The van der Waals surface area contributed by atoms with E-state index in [1.807, 2.05) is 38.1 Å². The third-order valence-corrected chi connectivity index (χ3v) is 7.26. The van der Waals surface area contributed by atoms with E-state index in [-0.39, 0.29) is 16.6 Å². The van der Waals surface area contributed by atoms with E-state index in [2.05, 4.69) is 0 Å². The number of rotatable bonds is 5. The molecule has 0 saturated carbocycles. The largest absolute Gasteiger partial charge is 0.307 e. The molecule has 1 aliphatic rings. The van der Waals surface area contributed by atoms with Crippen molar-refractivity contribution in [1.82, 2.24) is 0 Å². The van der Waals surface area contributed by atoms with Gasteiger partial charge in [-0.3, -0.25) is 9.10 Å². The molecule has 1 atom stereocenters. The van der Waals surface area contributed by atoms with Gasteiger partial charge in [-0.15, -0.1) is 0 Å². The maximum Gasteiger partial charge on any atom is 0.264 e. The normalized spacial score (nSPS) is 15.6. The molecule has 0 fully saturated rings. The molecule has 0 aromatic heterocycles. The SMILES string of the molecule is Cc1ccc(S(=O)(=O)N(CC(=O)N2c3ccccc3CC2C)c2ccccc2F)cc1. The van der Waals surface area contributed by atoms with Gasteiger partial charge in [-0.2, -0.15) is 0 Å². The Morgan fingerprint density at radius 3 is 2.39 bits per heavy atom. The third-order valence-electron chi connectivity index (χ3n) is 5.48. The predicted octanol–water partition coefficient (Wildman–Crippen LogP) is 4.31. The highest BCUT2D eigenvalue weighted by Gasteiger charge is 2.35. The van der Waals surface area contributed by atoms with Gasteiger partial charge in [-0.05, 0) is 56.2 Å². The van der Waals surface area contributed by atoms with Gasteiger partial charge in [0.15, 0.2) is 0 Å². The standard InChI is InChI=1S/C24H23FN2O3S/c1-17-11-13-20(14-12-17)31(29,30)26(23-10-6-4-8-21(23)25)16-24(28)27-18(2)15-19-7-3-5-9-22(19)27/h3-14,18H,15-16H2,1-2H3. The molecule has 5 nitrogen and oxygen atoms in total. The van der Waals surface area contributed by atoms with Gasteiger partial charge in [0.05, 0.1) is 10.6 Å². The summed E-state index contributed by atoms with van der Waals surface area (Å²) in [5, 5.41) is 0. The van der Waals surface area contributed by atoms with Crippen LogP contribution in [0.3, 0.4) is 0 Å². The molecular formula is C24H23FN2O3S. The highest BCUT2D eigenvalue weighted by molar-refractivity contribution is 7.92. The van der Waals surface area contributed by atoms with Gasteiger partial charge in [0, 0.05) is 11.7 Å². The highest BCUT2D eigenvalue weighted by atomic mass is 32.2. The van der Waals surface area contributed by atoms with Crippen molar-refractivity contribution in [3.05, 3.63) is 89.7 Å². The second-order valence-electron chi connectivity index (χ2n) is 7.72. The second kappa shape index (κ2) is 8.15. The van der Waals surface area contributed by atoms with Crippen LogP contribution < -0.4 is 9.21 Å². The smallest absolute Gasteiger partial charge is 0.264 e. The van der Waals surface area contributed by atoms with Gasteiger partial charge in [-0.25, -0.2) is 12.8 Å². The van der Waals surface area contributed by atoms with E-state index in [9.17, 15) is 17.6 Å². The number of aryl methyl sites for hydroxylation is 1. The molecule has 3 aromatic rings. The Bertz CT molecular complexity index is 1230. The molecule has 160 valence electrons. The summed E-state index contributed by atoms with van der Waals surface area (Å²) in [7, 11) is -4.17. The van der Waals surface area contributed by atoms with E-state index < -0.39 is 28.3 Å². The van der Waals surface area contributed by atoms with Gasteiger partial charge < -0.3 is 4.90 Å². The van der Waals surface area contributed by atoms with Crippen molar-refractivity contribution < 1.29 is 17.6 Å². The van der Waals surface area contributed by atoms with E-state index in [0.717, 1.165) is 21.1 Å².